The average molecular weight is 884 g/mol. The molecule has 0 aliphatic heterocycles. The molecule has 9 nitrogen and oxygen atoms in total. The molecule has 67 heavy (non-hydrogen) atoms. The third kappa shape index (κ3) is 7.80. The highest BCUT2D eigenvalue weighted by atomic mass is 16.5. The molecule has 0 bridgehead atoms. The second-order valence-corrected chi connectivity index (χ2v) is 15.9. The van der Waals surface area contributed by atoms with E-state index in [4.69, 9.17) is 28.4 Å². The highest BCUT2D eigenvalue weighted by Gasteiger charge is 2.26. The summed E-state index contributed by atoms with van der Waals surface area (Å²) in [6.07, 6.45) is 0. The molecule has 0 unspecified atom stereocenters. The molecule has 0 spiro atoms. The number of hydrogen-bond acceptors (Lipinski definition) is 9. The first-order valence-electron chi connectivity index (χ1n) is 21.9. The molecular weight excluding hydrogens is 835 g/mol. The van der Waals surface area contributed by atoms with Crippen LogP contribution < -0.4 is 43.1 Å². The lowest BCUT2D eigenvalue weighted by atomic mass is 9.90. The summed E-state index contributed by atoms with van der Waals surface area (Å²) in [5.41, 5.74) is 8.77. The van der Waals surface area contributed by atoms with Gasteiger partial charge in [0.05, 0.1) is 59.7 Å². The van der Waals surface area contributed by atoms with Crippen molar-refractivity contribution in [2.75, 3.05) is 57.4 Å². The number of hydrogen-bond donors (Lipinski definition) is 0. The van der Waals surface area contributed by atoms with E-state index in [1.165, 1.54) is 0 Å². The van der Waals surface area contributed by atoms with Crippen molar-refractivity contribution in [1.82, 2.24) is 0 Å². The van der Waals surface area contributed by atoms with Crippen molar-refractivity contribution in [2.24, 2.45) is 0 Å². The third-order valence-corrected chi connectivity index (χ3v) is 12.4. The Bertz CT molecular complexity index is 3030. The Hall–Kier alpha value is -8.56. The molecule has 0 aromatic heterocycles. The zero-order chi connectivity index (χ0) is 46.0. The molecule has 0 saturated heterocycles. The second kappa shape index (κ2) is 18.1. The average Bonchev–Trinajstić information content (AvgIpc) is 3.40. The summed E-state index contributed by atoms with van der Waals surface area (Å²) in [4.78, 5) is 6.93. The largest absolute Gasteiger partial charge is 0.497 e. The maximum absolute atomic E-state index is 5.66. The number of benzene rings is 10. The number of ether oxygens (including phenoxy) is 6. The summed E-state index contributed by atoms with van der Waals surface area (Å²) < 4.78 is 33.9. The SMILES string of the molecule is COc1ccc(N(c2ccc(OC)cc2)c2ccc3ccc4c(N(c5ccc(OC)cc5)c5ccc(OC)cc5)cc(N(c5ccc(OC)cc5)c5ccc(OC)cc5)c5ccc2c3c45)cc1. The van der Waals surface area contributed by atoms with Gasteiger partial charge in [0.1, 0.15) is 34.5 Å². The Kier molecular flexibility index (Phi) is 11.5. The number of rotatable bonds is 15. The van der Waals surface area contributed by atoms with Crippen molar-refractivity contribution in [2.45, 2.75) is 0 Å². The van der Waals surface area contributed by atoms with Gasteiger partial charge in [-0.3, -0.25) is 0 Å². The maximum atomic E-state index is 5.66. The minimum atomic E-state index is 0.769. The fourth-order valence-corrected chi connectivity index (χ4v) is 9.08. The first kappa shape index (κ1) is 42.4. The van der Waals surface area contributed by atoms with Crippen LogP contribution in [0.2, 0.25) is 0 Å². The molecule has 0 aliphatic rings. The number of methoxy groups -OCH3 is 6. The van der Waals surface area contributed by atoms with Crippen LogP contribution in [-0.4, -0.2) is 42.7 Å². The standard InChI is InChI=1S/C58H49N3O6/c1-62-45-21-9-39(10-22-45)59(40-11-23-46(63-2)24-12-40)54-36-8-38-7-33-52-55(60(41-13-25-47(64-3)26-14-41)42-15-27-48(65-4)28-16-42)37-56(53-35-34-51(54)57(38)58(52)53)61(43-17-29-49(66-5)30-18-43)44-19-31-50(67-6)32-20-44/h7-37H,1-6H3. The molecule has 0 radical (unpaired) electrons. The van der Waals surface area contributed by atoms with Crippen LogP contribution in [0.1, 0.15) is 0 Å². The first-order valence-corrected chi connectivity index (χ1v) is 21.9. The topological polar surface area (TPSA) is 65.1 Å². The second-order valence-electron chi connectivity index (χ2n) is 15.9. The van der Waals surface area contributed by atoms with Crippen LogP contribution in [0.5, 0.6) is 34.5 Å². The summed E-state index contributed by atoms with van der Waals surface area (Å²) >= 11 is 0. The predicted octanol–water partition coefficient (Wildman–Crippen LogP) is 15.0. The Morgan fingerprint density at radius 1 is 0.239 bits per heavy atom. The van der Waals surface area contributed by atoms with Crippen LogP contribution in [0.4, 0.5) is 51.2 Å². The van der Waals surface area contributed by atoms with E-state index in [2.05, 4.69) is 130 Å². The number of anilines is 9. The summed E-state index contributed by atoms with van der Waals surface area (Å²) in [5, 5.41) is 6.61. The van der Waals surface area contributed by atoms with Gasteiger partial charge in [-0.1, -0.05) is 30.3 Å². The Morgan fingerprint density at radius 2 is 0.478 bits per heavy atom. The molecule has 332 valence electrons. The summed E-state index contributed by atoms with van der Waals surface area (Å²) in [7, 11) is 10.1. The van der Waals surface area contributed by atoms with E-state index in [9.17, 15) is 0 Å². The van der Waals surface area contributed by atoms with Crippen LogP contribution in [0.3, 0.4) is 0 Å². The van der Waals surface area contributed by atoms with Crippen molar-refractivity contribution in [3.05, 3.63) is 188 Å². The predicted molar refractivity (Wildman–Crippen MR) is 274 cm³/mol. The van der Waals surface area contributed by atoms with Crippen LogP contribution in [0.15, 0.2) is 188 Å². The van der Waals surface area contributed by atoms with E-state index in [0.29, 0.717) is 0 Å². The minimum Gasteiger partial charge on any atom is -0.497 e. The van der Waals surface area contributed by atoms with Crippen LogP contribution in [-0.2, 0) is 0 Å². The molecule has 0 amide bonds. The van der Waals surface area contributed by atoms with Crippen molar-refractivity contribution < 1.29 is 28.4 Å². The molecule has 9 heteroatoms. The summed E-state index contributed by atoms with van der Waals surface area (Å²) in [6, 6.07) is 65.1. The zero-order valence-corrected chi connectivity index (χ0v) is 38.2. The first-order chi connectivity index (χ1) is 32.9. The molecule has 0 saturated carbocycles. The van der Waals surface area contributed by atoms with E-state index < -0.39 is 0 Å². The van der Waals surface area contributed by atoms with E-state index in [0.717, 1.165) is 118 Å². The van der Waals surface area contributed by atoms with Gasteiger partial charge >= 0.3 is 0 Å². The Labute approximate surface area is 390 Å². The molecule has 10 aromatic rings. The van der Waals surface area contributed by atoms with Crippen LogP contribution >= 0.6 is 0 Å². The highest BCUT2D eigenvalue weighted by molar-refractivity contribution is 6.30. The molecule has 10 rings (SSSR count). The van der Waals surface area contributed by atoms with Crippen molar-refractivity contribution in [3.8, 4) is 34.5 Å². The van der Waals surface area contributed by atoms with Crippen molar-refractivity contribution >= 4 is 83.5 Å². The molecule has 0 aliphatic carbocycles. The summed E-state index contributed by atoms with van der Waals surface area (Å²) in [6.45, 7) is 0. The molecule has 0 N–H and O–H groups in total. The monoisotopic (exact) mass is 883 g/mol. The number of nitrogens with zero attached hydrogens (tertiary/aromatic N) is 3. The summed E-state index contributed by atoms with van der Waals surface area (Å²) in [5.74, 6) is 4.64. The lowest BCUT2D eigenvalue weighted by Crippen LogP contribution is -2.15. The van der Waals surface area contributed by atoms with Crippen LogP contribution in [0.25, 0.3) is 32.3 Å². The Balaban J connectivity index is 1.32. The molecule has 0 fully saturated rings. The Morgan fingerprint density at radius 3 is 0.761 bits per heavy atom. The molecule has 10 aromatic carbocycles. The zero-order valence-electron chi connectivity index (χ0n) is 38.2. The van der Waals surface area contributed by atoms with E-state index in [1.54, 1.807) is 42.7 Å². The van der Waals surface area contributed by atoms with E-state index in [1.807, 2.05) is 72.8 Å². The van der Waals surface area contributed by atoms with Gasteiger partial charge < -0.3 is 43.1 Å². The fourth-order valence-electron chi connectivity index (χ4n) is 9.08. The molecule has 0 atom stereocenters. The third-order valence-electron chi connectivity index (χ3n) is 12.4. The van der Waals surface area contributed by atoms with E-state index in [-0.39, 0.29) is 0 Å². The quantitative estimate of drug-likeness (QED) is 0.0937. The molecular formula is C58H49N3O6. The van der Waals surface area contributed by atoms with Gasteiger partial charge in [0, 0.05) is 55.7 Å². The maximum Gasteiger partial charge on any atom is 0.119 e. The van der Waals surface area contributed by atoms with Crippen molar-refractivity contribution in [3.63, 3.8) is 0 Å². The van der Waals surface area contributed by atoms with Gasteiger partial charge in [0.2, 0.25) is 0 Å². The normalized spacial score (nSPS) is 11.1. The minimum absolute atomic E-state index is 0.769. The highest BCUT2D eigenvalue weighted by Crippen LogP contribution is 2.52. The van der Waals surface area contributed by atoms with E-state index >= 15 is 0 Å². The van der Waals surface area contributed by atoms with Crippen LogP contribution in [0, 0.1) is 0 Å². The fraction of sp³-hybridized carbons (Fsp3) is 0.103. The molecule has 0 heterocycles. The lowest BCUT2D eigenvalue weighted by molar-refractivity contribution is 0.414. The van der Waals surface area contributed by atoms with Gasteiger partial charge in [0.25, 0.3) is 0 Å². The van der Waals surface area contributed by atoms with Gasteiger partial charge in [-0.25, -0.2) is 0 Å². The van der Waals surface area contributed by atoms with Gasteiger partial charge in [-0.05, 0) is 168 Å². The van der Waals surface area contributed by atoms with Crippen molar-refractivity contribution in [1.29, 1.82) is 0 Å². The smallest absolute Gasteiger partial charge is 0.119 e. The van der Waals surface area contributed by atoms with Gasteiger partial charge in [0.15, 0.2) is 0 Å². The van der Waals surface area contributed by atoms with Gasteiger partial charge in [-0.2, -0.15) is 0 Å². The lowest BCUT2D eigenvalue weighted by Gasteiger charge is -2.33. The van der Waals surface area contributed by atoms with Gasteiger partial charge in [-0.15, -0.1) is 0 Å².